The molecule has 2 aromatic heterocycles. The van der Waals surface area contributed by atoms with Crippen LogP contribution in [-0.2, 0) is 6.42 Å². The first-order chi connectivity index (χ1) is 8.29. The third kappa shape index (κ3) is 3.33. The Kier molecular flexibility index (Phi) is 4.19. The summed E-state index contributed by atoms with van der Waals surface area (Å²) in [5.74, 6) is 5.58. The lowest BCUT2D eigenvalue weighted by Gasteiger charge is -2.15. The van der Waals surface area contributed by atoms with Gasteiger partial charge in [-0.1, -0.05) is 6.07 Å². The van der Waals surface area contributed by atoms with E-state index in [1.54, 1.807) is 18.6 Å². The maximum absolute atomic E-state index is 5.58. The fourth-order valence-electron chi connectivity index (χ4n) is 1.62. The lowest BCUT2D eigenvalue weighted by Crippen LogP contribution is -2.29. The maximum atomic E-state index is 5.58. The van der Waals surface area contributed by atoms with Gasteiger partial charge in [-0.05, 0) is 39.7 Å². The summed E-state index contributed by atoms with van der Waals surface area (Å²) in [7, 11) is 0. The number of halogens is 1. The average molecular weight is 293 g/mol. The summed E-state index contributed by atoms with van der Waals surface area (Å²) in [5.41, 5.74) is 4.82. The topological polar surface area (TPSA) is 63.8 Å². The summed E-state index contributed by atoms with van der Waals surface area (Å²) in [5, 5.41) is 0. The fourth-order valence-corrected chi connectivity index (χ4v) is 2.00. The molecule has 4 nitrogen and oxygen atoms in total. The second-order valence-electron chi connectivity index (χ2n) is 3.68. The van der Waals surface area contributed by atoms with Crippen molar-refractivity contribution in [3.05, 3.63) is 58.6 Å². The predicted octanol–water partition coefficient (Wildman–Crippen LogP) is 1.99. The Hall–Kier alpha value is -1.30. The van der Waals surface area contributed by atoms with E-state index in [0.717, 1.165) is 22.2 Å². The van der Waals surface area contributed by atoms with Crippen LogP contribution in [0.5, 0.6) is 0 Å². The largest absolute Gasteiger partial charge is 0.271 e. The van der Waals surface area contributed by atoms with E-state index in [-0.39, 0.29) is 6.04 Å². The van der Waals surface area contributed by atoms with Gasteiger partial charge < -0.3 is 0 Å². The molecule has 1 unspecified atom stereocenters. The molecular weight excluding hydrogens is 280 g/mol. The summed E-state index contributed by atoms with van der Waals surface area (Å²) < 4.78 is 0.941. The van der Waals surface area contributed by atoms with Crippen LogP contribution >= 0.6 is 15.9 Å². The summed E-state index contributed by atoms with van der Waals surface area (Å²) in [6, 6.07) is 7.86. The maximum Gasteiger partial charge on any atom is 0.0530 e. The average Bonchev–Trinajstić information content (AvgIpc) is 2.37. The number of hydrogen-bond acceptors (Lipinski definition) is 4. The number of rotatable bonds is 4. The lowest BCUT2D eigenvalue weighted by atomic mass is 10.0. The van der Waals surface area contributed by atoms with Crippen molar-refractivity contribution in [2.45, 2.75) is 12.5 Å². The summed E-state index contributed by atoms with van der Waals surface area (Å²) in [6.07, 6.45) is 6.06. The first-order valence-electron chi connectivity index (χ1n) is 5.26. The van der Waals surface area contributed by atoms with Gasteiger partial charge in [0.2, 0.25) is 0 Å². The van der Waals surface area contributed by atoms with E-state index in [2.05, 4.69) is 31.3 Å². The highest BCUT2D eigenvalue weighted by Gasteiger charge is 2.11. The third-order valence-corrected chi connectivity index (χ3v) is 2.90. The Labute approximate surface area is 108 Å². The van der Waals surface area contributed by atoms with E-state index in [0.29, 0.717) is 0 Å². The van der Waals surface area contributed by atoms with Gasteiger partial charge in [-0.15, -0.1) is 0 Å². The van der Waals surface area contributed by atoms with Crippen molar-refractivity contribution in [1.82, 2.24) is 15.4 Å². The molecule has 3 N–H and O–H groups in total. The van der Waals surface area contributed by atoms with Gasteiger partial charge in [0.25, 0.3) is 0 Å². The molecule has 0 fully saturated rings. The molecule has 0 spiro atoms. The van der Waals surface area contributed by atoms with Crippen LogP contribution in [0.3, 0.4) is 0 Å². The molecule has 0 amide bonds. The van der Waals surface area contributed by atoms with Gasteiger partial charge in [0.15, 0.2) is 0 Å². The monoisotopic (exact) mass is 292 g/mol. The molecule has 88 valence electrons. The number of hydrogen-bond donors (Lipinski definition) is 2. The second-order valence-corrected chi connectivity index (χ2v) is 4.60. The van der Waals surface area contributed by atoms with Crippen LogP contribution in [0.2, 0.25) is 0 Å². The molecule has 2 aromatic rings. The SMILES string of the molecule is NNC(Cc1ccccn1)c1cncc(Br)c1. The van der Waals surface area contributed by atoms with E-state index in [9.17, 15) is 0 Å². The van der Waals surface area contributed by atoms with Gasteiger partial charge >= 0.3 is 0 Å². The Morgan fingerprint density at radius 2 is 2.24 bits per heavy atom. The number of nitrogens with zero attached hydrogens (tertiary/aromatic N) is 2. The smallest absolute Gasteiger partial charge is 0.0530 e. The summed E-state index contributed by atoms with van der Waals surface area (Å²) in [6.45, 7) is 0. The lowest BCUT2D eigenvalue weighted by molar-refractivity contribution is 0.544. The molecule has 0 radical (unpaired) electrons. The van der Waals surface area contributed by atoms with E-state index >= 15 is 0 Å². The number of nitrogens with two attached hydrogens (primary N) is 1. The number of nitrogens with one attached hydrogen (secondary N) is 1. The van der Waals surface area contributed by atoms with Crippen molar-refractivity contribution in [3.63, 3.8) is 0 Å². The van der Waals surface area contributed by atoms with Crippen LogP contribution in [0.1, 0.15) is 17.3 Å². The van der Waals surface area contributed by atoms with E-state index in [1.165, 1.54) is 0 Å². The van der Waals surface area contributed by atoms with Crippen LogP contribution in [0.25, 0.3) is 0 Å². The van der Waals surface area contributed by atoms with E-state index in [4.69, 9.17) is 5.84 Å². The fraction of sp³-hybridized carbons (Fsp3) is 0.167. The highest BCUT2D eigenvalue weighted by atomic mass is 79.9. The Bertz CT molecular complexity index is 475. The van der Waals surface area contributed by atoms with Crippen molar-refractivity contribution in [3.8, 4) is 0 Å². The highest BCUT2D eigenvalue weighted by molar-refractivity contribution is 9.10. The zero-order valence-electron chi connectivity index (χ0n) is 9.18. The molecule has 0 saturated heterocycles. The highest BCUT2D eigenvalue weighted by Crippen LogP contribution is 2.19. The quantitative estimate of drug-likeness (QED) is 0.668. The zero-order chi connectivity index (χ0) is 12.1. The number of pyridine rings is 2. The summed E-state index contributed by atoms with van der Waals surface area (Å²) in [4.78, 5) is 8.42. The Morgan fingerprint density at radius 1 is 1.35 bits per heavy atom. The zero-order valence-corrected chi connectivity index (χ0v) is 10.8. The molecule has 17 heavy (non-hydrogen) atoms. The van der Waals surface area contributed by atoms with Gasteiger partial charge in [0.1, 0.15) is 0 Å². The molecule has 1 atom stereocenters. The van der Waals surface area contributed by atoms with Gasteiger partial charge in [0.05, 0.1) is 6.04 Å². The summed E-state index contributed by atoms with van der Waals surface area (Å²) >= 11 is 3.40. The van der Waals surface area contributed by atoms with Crippen molar-refractivity contribution in [2.24, 2.45) is 5.84 Å². The van der Waals surface area contributed by atoms with Crippen LogP contribution in [0, 0.1) is 0 Å². The van der Waals surface area contributed by atoms with E-state index < -0.39 is 0 Å². The molecule has 5 heteroatoms. The molecule has 0 saturated carbocycles. The predicted molar refractivity (Wildman–Crippen MR) is 69.9 cm³/mol. The van der Waals surface area contributed by atoms with Crippen molar-refractivity contribution < 1.29 is 0 Å². The number of hydrazine groups is 1. The first kappa shape index (κ1) is 12.2. The minimum absolute atomic E-state index is 0.00917. The van der Waals surface area contributed by atoms with Crippen LogP contribution < -0.4 is 11.3 Å². The van der Waals surface area contributed by atoms with Gasteiger partial charge in [-0.25, -0.2) is 0 Å². The van der Waals surface area contributed by atoms with Gasteiger partial charge in [-0.2, -0.15) is 0 Å². The standard InChI is InChI=1S/C12H13BrN4/c13-10-5-9(7-15-8-10)12(17-14)6-11-3-1-2-4-16-11/h1-5,7-8,12,17H,6,14H2. The Balaban J connectivity index is 2.17. The third-order valence-electron chi connectivity index (χ3n) is 2.47. The molecule has 2 rings (SSSR count). The van der Waals surface area contributed by atoms with Gasteiger partial charge in [0, 0.05) is 35.2 Å². The molecule has 0 aliphatic carbocycles. The molecule has 0 aliphatic heterocycles. The molecule has 0 bridgehead atoms. The normalized spacial score (nSPS) is 12.4. The van der Waals surface area contributed by atoms with Crippen LogP contribution in [0.4, 0.5) is 0 Å². The molecule has 0 aromatic carbocycles. The van der Waals surface area contributed by atoms with Gasteiger partial charge in [-0.3, -0.25) is 21.2 Å². The van der Waals surface area contributed by atoms with Crippen molar-refractivity contribution >= 4 is 15.9 Å². The van der Waals surface area contributed by atoms with Crippen molar-refractivity contribution in [1.29, 1.82) is 0 Å². The molecular formula is C12H13BrN4. The molecule has 2 heterocycles. The Morgan fingerprint density at radius 3 is 2.88 bits per heavy atom. The van der Waals surface area contributed by atoms with E-state index in [1.807, 2.05) is 24.3 Å². The van der Waals surface area contributed by atoms with Crippen LogP contribution in [-0.4, -0.2) is 9.97 Å². The first-order valence-corrected chi connectivity index (χ1v) is 6.05. The van der Waals surface area contributed by atoms with Crippen LogP contribution in [0.15, 0.2) is 47.3 Å². The second kappa shape index (κ2) is 5.86. The number of aromatic nitrogens is 2. The minimum Gasteiger partial charge on any atom is -0.271 e. The molecule has 0 aliphatic rings. The minimum atomic E-state index is 0.00917. The van der Waals surface area contributed by atoms with Crippen molar-refractivity contribution in [2.75, 3.05) is 0 Å².